The number of nitrogens with zero attached hydrogens (tertiary/aromatic N) is 1. The number of nitrogens with one attached hydrogen (secondary N) is 1. The Morgan fingerprint density at radius 2 is 1.74 bits per heavy atom. The van der Waals surface area contributed by atoms with Crippen molar-refractivity contribution in [3.05, 3.63) is 58.6 Å². The van der Waals surface area contributed by atoms with Crippen LogP contribution < -0.4 is 14.8 Å². The van der Waals surface area contributed by atoms with Gasteiger partial charge in [0.2, 0.25) is 0 Å². The maximum atomic E-state index is 12.2. The molecule has 7 nitrogen and oxygen atoms in total. The van der Waals surface area contributed by atoms with E-state index in [1.807, 2.05) is 0 Å². The highest BCUT2D eigenvalue weighted by molar-refractivity contribution is 5.95. The molecule has 0 unspecified atom stereocenters. The van der Waals surface area contributed by atoms with Gasteiger partial charge in [-0.2, -0.15) is 0 Å². The van der Waals surface area contributed by atoms with Crippen molar-refractivity contribution < 1.29 is 19.2 Å². The van der Waals surface area contributed by atoms with Crippen LogP contribution in [0.15, 0.2) is 48.5 Å². The molecule has 2 aromatic carbocycles. The predicted octanol–water partition coefficient (Wildman–Crippen LogP) is 3.01. The molecular weight excluding hydrogens is 300 g/mol. The SMILES string of the molecule is COc1ccccc1NC(=O)[C@H](C)Oc1ccccc1[N+](=O)[O-]. The first-order chi connectivity index (χ1) is 11.0. The first-order valence-electron chi connectivity index (χ1n) is 6.87. The molecule has 1 amide bonds. The standard InChI is InChI=1S/C16H16N2O5/c1-11(23-15-10-6-4-8-13(15)18(20)21)16(19)17-12-7-3-5-9-14(12)22-2/h3-11H,1-2H3,(H,17,19)/t11-/m0/s1. The van der Waals surface area contributed by atoms with Crippen LogP contribution >= 0.6 is 0 Å². The number of nitro benzene ring substituents is 1. The molecule has 2 rings (SSSR count). The van der Waals surface area contributed by atoms with Crippen molar-refractivity contribution in [2.24, 2.45) is 0 Å². The molecule has 1 atom stereocenters. The molecular formula is C16H16N2O5. The van der Waals surface area contributed by atoms with Crippen LogP contribution in [0, 0.1) is 10.1 Å². The summed E-state index contributed by atoms with van der Waals surface area (Å²) in [6.45, 7) is 1.52. The third kappa shape index (κ3) is 3.97. The lowest BCUT2D eigenvalue weighted by Crippen LogP contribution is -2.30. The van der Waals surface area contributed by atoms with E-state index >= 15 is 0 Å². The molecule has 2 aromatic rings. The number of hydrogen-bond donors (Lipinski definition) is 1. The van der Waals surface area contributed by atoms with E-state index in [2.05, 4.69) is 5.32 Å². The number of anilines is 1. The summed E-state index contributed by atoms with van der Waals surface area (Å²) >= 11 is 0. The van der Waals surface area contributed by atoms with E-state index < -0.39 is 16.9 Å². The first-order valence-corrected chi connectivity index (χ1v) is 6.87. The second kappa shape index (κ2) is 7.26. The van der Waals surface area contributed by atoms with Gasteiger partial charge in [0.05, 0.1) is 17.7 Å². The molecule has 0 aromatic heterocycles. The van der Waals surface area contributed by atoms with Crippen molar-refractivity contribution >= 4 is 17.3 Å². The Labute approximate surface area is 133 Å². The minimum absolute atomic E-state index is 0.0418. The van der Waals surface area contributed by atoms with Crippen molar-refractivity contribution in [1.29, 1.82) is 0 Å². The van der Waals surface area contributed by atoms with Crippen molar-refractivity contribution in [2.75, 3.05) is 12.4 Å². The summed E-state index contributed by atoms with van der Waals surface area (Å²) in [7, 11) is 1.50. The molecule has 0 saturated carbocycles. The molecule has 0 bridgehead atoms. The highest BCUT2D eigenvalue weighted by Gasteiger charge is 2.21. The third-order valence-corrected chi connectivity index (χ3v) is 3.10. The summed E-state index contributed by atoms with van der Waals surface area (Å²) in [5.41, 5.74) is 0.308. The number of carbonyl (C=O) groups excluding carboxylic acids is 1. The molecule has 1 N–H and O–H groups in total. The van der Waals surface area contributed by atoms with E-state index in [1.165, 1.54) is 32.2 Å². The summed E-state index contributed by atoms with van der Waals surface area (Å²) in [5, 5.41) is 13.6. The fourth-order valence-electron chi connectivity index (χ4n) is 1.93. The molecule has 0 fully saturated rings. The van der Waals surface area contributed by atoms with Gasteiger partial charge >= 0.3 is 5.69 Å². The Morgan fingerprint density at radius 3 is 2.39 bits per heavy atom. The van der Waals surface area contributed by atoms with Gasteiger partial charge in [-0.15, -0.1) is 0 Å². The predicted molar refractivity (Wildman–Crippen MR) is 84.8 cm³/mol. The largest absolute Gasteiger partial charge is 0.495 e. The molecule has 0 radical (unpaired) electrons. The Balaban J connectivity index is 2.10. The van der Waals surface area contributed by atoms with Gasteiger partial charge in [0.1, 0.15) is 5.75 Å². The zero-order valence-corrected chi connectivity index (χ0v) is 12.7. The highest BCUT2D eigenvalue weighted by Crippen LogP contribution is 2.27. The van der Waals surface area contributed by atoms with E-state index in [9.17, 15) is 14.9 Å². The second-order valence-electron chi connectivity index (χ2n) is 4.67. The number of carbonyl (C=O) groups is 1. The van der Waals surface area contributed by atoms with Crippen molar-refractivity contribution in [3.63, 3.8) is 0 Å². The van der Waals surface area contributed by atoms with Crippen LogP contribution in [-0.4, -0.2) is 24.0 Å². The number of ether oxygens (including phenoxy) is 2. The molecule has 0 aliphatic rings. The minimum Gasteiger partial charge on any atom is -0.495 e. The molecule has 0 heterocycles. The Bertz CT molecular complexity index is 717. The molecule has 0 spiro atoms. The van der Waals surface area contributed by atoms with Crippen molar-refractivity contribution in [3.8, 4) is 11.5 Å². The van der Waals surface area contributed by atoms with E-state index in [4.69, 9.17) is 9.47 Å². The van der Waals surface area contributed by atoms with Crippen molar-refractivity contribution in [2.45, 2.75) is 13.0 Å². The van der Waals surface area contributed by atoms with Crippen LogP contribution in [0.5, 0.6) is 11.5 Å². The number of rotatable bonds is 6. The lowest BCUT2D eigenvalue weighted by Gasteiger charge is -2.16. The molecule has 0 saturated heterocycles. The minimum atomic E-state index is -0.916. The summed E-state index contributed by atoms with van der Waals surface area (Å²) in [6.07, 6.45) is -0.916. The van der Waals surface area contributed by atoms with Gasteiger partial charge in [0.25, 0.3) is 5.91 Å². The van der Waals surface area contributed by atoms with Gasteiger partial charge in [0.15, 0.2) is 11.9 Å². The third-order valence-electron chi connectivity index (χ3n) is 3.10. The average Bonchev–Trinajstić information content (AvgIpc) is 2.55. The van der Waals surface area contributed by atoms with E-state index in [1.54, 1.807) is 30.3 Å². The second-order valence-corrected chi connectivity index (χ2v) is 4.67. The number of hydrogen-bond acceptors (Lipinski definition) is 5. The fraction of sp³-hybridized carbons (Fsp3) is 0.188. The first kappa shape index (κ1) is 16.3. The molecule has 7 heteroatoms. The van der Waals surface area contributed by atoms with Gasteiger partial charge in [-0.25, -0.2) is 0 Å². The number of benzene rings is 2. The molecule has 0 aliphatic carbocycles. The average molecular weight is 316 g/mol. The van der Waals surface area contributed by atoms with Crippen molar-refractivity contribution in [1.82, 2.24) is 0 Å². The topological polar surface area (TPSA) is 90.7 Å². The van der Waals surface area contributed by atoms with Gasteiger partial charge in [-0.05, 0) is 25.1 Å². The Hall–Kier alpha value is -3.09. The smallest absolute Gasteiger partial charge is 0.310 e. The maximum absolute atomic E-state index is 12.2. The van der Waals surface area contributed by atoms with Crippen LogP contribution in [-0.2, 0) is 4.79 Å². The quantitative estimate of drug-likeness (QED) is 0.653. The van der Waals surface area contributed by atoms with Crippen LogP contribution in [0.2, 0.25) is 0 Å². The lowest BCUT2D eigenvalue weighted by atomic mass is 10.2. The van der Waals surface area contributed by atoms with Crippen LogP contribution in [0.3, 0.4) is 0 Å². The van der Waals surface area contributed by atoms with Crippen LogP contribution in [0.1, 0.15) is 6.92 Å². The number of amides is 1. The summed E-state index contributed by atoms with van der Waals surface area (Å²) in [5.74, 6) is 0.117. The lowest BCUT2D eigenvalue weighted by molar-refractivity contribution is -0.386. The van der Waals surface area contributed by atoms with Gasteiger partial charge in [0, 0.05) is 6.07 Å². The summed E-state index contributed by atoms with van der Waals surface area (Å²) in [4.78, 5) is 22.6. The van der Waals surface area contributed by atoms with E-state index in [0.717, 1.165) is 0 Å². The number of methoxy groups -OCH3 is 1. The molecule has 23 heavy (non-hydrogen) atoms. The summed E-state index contributed by atoms with van der Waals surface area (Å²) in [6, 6.07) is 12.8. The zero-order valence-electron chi connectivity index (χ0n) is 12.7. The maximum Gasteiger partial charge on any atom is 0.310 e. The monoisotopic (exact) mass is 316 g/mol. The van der Waals surface area contributed by atoms with E-state index in [0.29, 0.717) is 11.4 Å². The normalized spacial score (nSPS) is 11.4. The van der Waals surface area contributed by atoms with Gasteiger partial charge < -0.3 is 14.8 Å². The fourth-order valence-corrected chi connectivity index (χ4v) is 1.93. The van der Waals surface area contributed by atoms with Gasteiger partial charge in [-0.3, -0.25) is 14.9 Å². The van der Waals surface area contributed by atoms with E-state index in [-0.39, 0.29) is 11.4 Å². The highest BCUT2D eigenvalue weighted by atomic mass is 16.6. The number of nitro groups is 1. The summed E-state index contributed by atoms with van der Waals surface area (Å²) < 4.78 is 10.6. The van der Waals surface area contributed by atoms with Gasteiger partial charge in [-0.1, -0.05) is 24.3 Å². The number of para-hydroxylation sites is 4. The van der Waals surface area contributed by atoms with Crippen LogP contribution in [0.4, 0.5) is 11.4 Å². The molecule has 120 valence electrons. The Morgan fingerprint density at radius 1 is 1.13 bits per heavy atom. The Kier molecular flexibility index (Phi) is 5.14. The van der Waals surface area contributed by atoms with Crippen LogP contribution in [0.25, 0.3) is 0 Å². The molecule has 0 aliphatic heterocycles. The zero-order chi connectivity index (χ0) is 16.8.